The van der Waals surface area contributed by atoms with Gasteiger partial charge in [0, 0.05) is 68.3 Å². The highest BCUT2D eigenvalue weighted by molar-refractivity contribution is 7.90. The zero-order valence-corrected chi connectivity index (χ0v) is 38.9. The molecule has 4 saturated heterocycles. The quantitative estimate of drug-likeness (QED) is 0.0805. The maximum absolute atomic E-state index is 14.6. The van der Waals surface area contributed by atoms with Gasteiger partial charge in [-0.2, -0.15) is 4.98 Å². The number of anilines is 4. The Morgan fingerprint density at radius 3 is 2.50 bits per heavy atom. The van der Waals surface area contributed by atoms with Gasteiger partial charge in [-0.05, 0) is 142 Å². The van der Waals surface area contributed by atoms with Gasteiger partial charge < -0.3 is 34.3 Å². The number of pyridine rings is 1. The molecule has 3 atom stereocenters. The number of hydrogen-bond donors (Lipinski definition) is 3. The van der Waals surface area contributed by atoms with Crippen molar-refractivity contribution in [1.82, 2.24) is 19.6 Å². The number of nitrogens with zero attached hydrogens (tertiary/aromatic N) is 5. The maximum atomic E-state index is 14.6. The van der Waals surface area contributed by atoms with Crippen LogP contribution in [0.25, 0.3) is 11.0 Å². The Kier molecular flexibility index (Phi) is 11.1. The molecule has 0 bridgehead atoms. The number of aromatic amines is 1. The number of carbonyl (C=O) groups is 1. The Balaban J connectivity index is 0.815. The number of ether oxygens (including phenoxy) is 3. The molecule has 16 nitrogen and oxygen atoms in total. The number of hydrogen-bond acceptors (Lipinski definition) is 13. The van der Waals surface area contributed by atoms with Crippen molar-refractivity contribution in [3.05, 3.63) is 106 Å². The lowest BCUT2D eigenvalue weighted by atomic mass is 9.59. The predicted molar refractivity (Wildman–Crippen MR) is 257 cm³/mol. The molecule has 5 aromatic rings. The summed E-state index contributed by atoms with van der Waals surface area (Å²) < 4.78 is 48.3. The molecule has 2 aromatic heterocycles. The highest BCUT2D eigenvalue weighted by Gasteiger charge is 2.50. The first kappa shape index (κ1) is 43.5. The van der Waals surface area contributed by atoms with Crippen LogP contribution < -0.4 is 24.6 Å². The van der Waals surface area contributed by atoms with E-state index < -0.39 is 37.5 Å². The third kappa shape index (κ3) is 8.03. The topological polar surface area (TPSA) is 184 Å². The minimum absolute atomic E-state index is 0.118. The molecule has 0 radical (unpaired) electrons. The zero-order valence-electron chi connectivity index (χ0n) is 38.1. The van der Waals surface area contributed by atoms with E-state index in [0.717, 1.165) is 61.8 Å². The predicted octanol–water partition coefficient (Wildman–Crippen LogP) is 8.19. The Hall–Kier alpha value is -5.75. The fraction of sp³-hybridized carbons (Fsp3) is 0.490. The molecule has 5 aliphatic heterocycles. The number of aromatic nitrogens is 2. The third-order valence-electron chi connectivity index (χ3n) is 16.1. The van der Waals surface area contributed by atoms with E-state index in [1.54, 1.807) is 17.2 Å². The fourth-order valence-corrected chi connectivity index (χ4v) is 13.2. The molecule has 12 rings (SSSR count). The molecule has 17 heteroatoms. The first-order valence-corrected chi connectivity index (χ1v) is 26.0. The number of benzene rings is 3. The lowest BCUT2D eigenvalue weighted by Crippen LogP contribution is -2.55. The number of rotatable bonds is 12. The summed E-state index contributed by atoms with van der Waals surface area (Å²) in [5.74, 6) is 0.527. The van der Waals surface area contributed by atoms with E-state index in [1.165, 1.54) is 57.2 Å². The van der Waals surface area contributed by atoms with E-state index in [1.807, 2.05) is 35.4 Å². The Morgan fingerprint density at radius 2 is 1.71 bits per heavy atom. The van der Waals surface area contributed by atoms with Crippen molar-refractivity contribution in [2.45, 2.75) is 99.3 Å². The molecule has 3 aromatic carbocycles. The monoisotopic (exact) mass is 942 g/mol. The van der Waals surface area contributed by atoms with E-state index in [4.69, 9.17) is 19.2 Å². The highest BCUT2D eigenvalue weighted by atomic mass is 32.2. The number of nitro benzene ring substituents is 1. The number of amides is 1. The third-order valence-corrected chi connectivity index (χ3v) is 17.4. The van der Waals surface area contributed by atoms with E-state index >= 15 is 0 Å². The van der Waals surface area contributed by atoms with Crippen LogP contribution in [-0.4, -0.2) is 105 Å². The van der Waals surface area contributed by atoms with E-state index in [9.17, 15) is 23.3 Å². The lowest BCUT2D eigenvalue weighted by molar-refractivity contribution is -0.384. The van der Waals surface area contributed by atoms with Gasteiger partial charge in [-0.3, -0.25) is 19.8 Å². The second-order valence-electron chi connectivity index (χ2n) is 20.2. The molecule has 356 valence electrons. The van der Waals surface area contributed by atoms with Gasteiger partial charge in [0.15, 0.2) is 0 Å². The molecular formula is C51H58N8O8S. The summed E-state index contributed by atoms with van der Waals surface area (Å²) in [7, 11) is -4.58. The average Bonchev–Trinajstić information content (AvgIpc) is 3.63. The molecule has 0 unspecified atom stereocenters. The van der Waals surface area contributed by atoms with Crippen LogP contribution in [0.15, 0.2) is 83.9 Å². The van der Waals surface area contributed by atoms with E-state index in [2.05, 4.69) is 49.1 Å². The molecular weight excluding hydrogens is 885 g/mol. The van der Waals surface area contributed by atoms with E-state index in [-0.39, 0.29) is 23.2 Å². The van der Waals surface area contributed by atoms with Crippen LogP contribution >= 0.6 is 0 Å². The van der Waals surface area contributed by atoms with Gasteiger partial charge >= 0.3 is 0 Å². The zero-order chi connectivity index (χ0) is 46.1. The molecule has 7 aliphatic rings. The second kappa shape index (κ2) is 17.3. The molecule has 7 heterocycles. The van der Waals surface area contributed by atoms with Crippen molar-refractivity contribution < 1.29 is 32.3 Å². The Bertz CT molecular complexity index is 2870. The summed E-state index contributed by atoms with van der Waals surface area (Å²) in [6.45, 7) is 5.28. The van der Waals surface area contributed by atoms with Crippen molar-refractivity contribution in [3.8, 4) is 5.88 Å². The molecule has 3 N–H and O–H groups in total. The van der Waals surface area contributed by atoms with Gasteiger partial charge in [-0.1, -0.05) is 24.3 Å². The number of fused-ring (bicyclic) bond motifs is 3. The number of sulfonamides is 1. The minimum atomic E-state index is -4.58. The average molecular weight is 943 g/mol. The first-order valence-electron chi connectivity index (χ1n) is 24.5. The summed E-state index contributed by atoms with van der Waals surface area (Å²) in [6, 6.07) is 23.1. The number of nitro groups is 1. The number of piperidine rings is 1. The molecule has 1 spiro atoms. The van der Waals surface area contributed by atoms with Crippen LogP contribution in [-0.2, 0) is 19.5 Å². The number of H-pyrrole nitrogens is 1. The fourth-order valence-electron chi connectivity index (χ4n) is 12.2. The molecule has 6 fully saturated rings. The minimum Gasteiger partial charge on any atom is -0.468 e. The molecule has 1 amide bonds. The van der Waals surface area contributed by atoms with Gasteiger partial charge in [-0.25, -0.2) is 13.1 Å². The van der Waals surface area contributed by atoms with Gasteiger partial charge in [0.2, 0.25) is 5.88 Å². The van der Waals surface area contributed by atoms with Gasteiger partial charge in [0.05, 0.1) is 40.3 Å². The van der Waals surface area contributed by atoms with Gasteiger partial charge in [-0.15, -0.1) is 0 Å². The standard InChI is InChI=1S/C51H58N8O8S/c60-49(55-68(63,64)37-10-12-41(44(26-37)59(61)62)53-29-32-14-22-65-23-15-32)40-11-9-35(25-43(40)58-45-24-34-13-18-52-48(34)54-50(45)67-47-31-66-30-46(47)58)56-20-16-51(17-21-56)27-36(28-51)57-19-3-6-42(57)39-5-2-1-4-38(39)33-7-8-33/h1-2,4-5,9-13,18,24-26,32-33,36,42,46-47,53H,3,6-8,14-17,19-23,27-31H2,(H,52,54)(H,55,60)/t42-,46-,47-/m0/s1. The Morgan fingerprint density at radius 1 is 0.897 bits per heavy atom. The number of nitrogens with one attached hydrogen (secondary N) is 3. The first-order chi connectivity index (χ1) is 33.1. The van der Waals surface area contributed by atoms with Crippen molar-refractivity contribution in [3.63, 3.8) is 0 Å². The van der Waals surface area contributed by atoms with Crippen LogP contribution in [0.2, 0.25) is 0 Å². The second-order valence-corrected chi connectivity index (χ2v) is 21.9. The molecule has 68 heavy (non-hydrogen) atoms. The number of carbonyl (C=O) groups excluding carboxylic acids is 1. The van der Waals surface area contributed by atoms with Crippen LogP contribution in [0.1, 0.15) is 97.7 Å². The summed E-state index contributed by atoms with van der Waals surface area (Å²) in [5, 5.41) is 16.3. The smallest absolute Gasteiger partial charge is 0.293 e. The van der Waals surface area contributed by atoms with Crippen molar-refractivity contribution in [2.75, 3.05) is 67.7 Å². The summed E-state index contributed by atoms with van der Waals surface area (Å²) in [5.41, 5.74) is 6.09. The molecule has 2 aliphatic carbocycles. The maximum Gasteiger partial charge on any atom is 0.293 e. The lowest BCUT2D eigenvalue weighted by Gasteiger charge is -2.56. The largest absolute Gasteiger partial charge is 0.468 e. The Labute approximate surface area is 395 Å². The SMILES string of the molecule is O=C(NS(=O)(=O)c1ccc(NCC2CCOCC2)c([N+](=O)[O-])c1)c1ccc(N2CCC3(CC2)CC(N2CCC[C@H]2c2ccccc2C2CC2)C3)cc1N1c2cc3cc[nH]c3nc2O[C@H]2COC[C@@H]21. The van der Waals surface area contributed by atoms with Crippen LogP contribution in [0, 0.1) is 21.4 Å². The summed E-state index contributed by atoms with van der Waals surface area (Å²) in [6.07, 6.45) is 12.8. The van der Waals surface area contributed by atoms with Crippen molar-refractivity contribution in [2.24, 2.45) is 11.3 Å². The highest BCUT2D eigenvalue weighted by Crippen LogP contribution is 2.55. The van der Waals surface area contributed by atoms with Crippen LogP contribution in [0.3, 0.4) is 0 Å². The number of likely N-dealkylation sites (tertiary alicyclic amines) is 1. The van der Waals surface area contributed by atoms with Crippen molar-refractivity contribution in [1.29, 1.82) is 0 Å². The normalized spacial score (nSPS) is 24.1. The van der Waals surface area contributed by atoms with Crippen LogP contribution in [0.5, 0.6) is 5.88 Å². The summed E-state index contributed by atoms with van der Waals surface area (Å²) in [4.78, 5) is 41.1. The van der Waals surface area contributed by atoms with Gasteiger partial charge in [0.25, 0.3) is 21.6 Å². The van der Waals surface area contributed by atoms with Gasteiger partial charge in [0.1, 0.15) is 23.1 Å². The van der Waals surface area contributed by atoms with Crippen LogP contribution in [0.4, 0.5) is 28.4 Å². The van der Waals surface area contributed by atoms with Crippen molar-refractivity contribution >= 4 is 55.4 Å². The van der Waals surface area contributed by atoms with E-state index in [0.29, 0.717) is 73.4 Å². The summed E-state index contributed by atoms with van der Waals surface area (Å²) >= 11 is 0. The molecule has 2 saturated carbocycles.